The van der Waals surface area contributed by atoms with E-state index >= 15 is 0 Å². The predicted octanol–water partition coefficient (Wildman–Crippen LogP) is 4.51. The van der Waals surface area contributed by atoms with Crippen LogP contribution in [-0.2, 0) is 0 Å². The third kappa shape index (κ3) is 3.70. The molecule has 1 aliphatic heterocycles. The van der Waals surface area contributed by atoms with Crippen molar-refractivity contribution in [3.63, 3.8) is 0 Å². The minimum Gasteiger partial charge on any atom is -0.508 e. The molecule has 0 amide bonds. The molecule has 0 saturated heterocycles. The summed E-state index contributed by atoms with van der Waals surface area (Å²) in [5, 5.41) is 17.2. The van der Waals surface area contributed by atoms with Crippen LogP contribution in [0.25, 0.3) is 5.70 Å². The fourth-order valence-electron chi connectivity index (χ4n) is 3.39. The number of phenols is 1. The maximum Gasteiger partial charge on any atom is 0.123 e. The lowest BCUT2D eigenvalue weighted by molar-refractivity contribution is 0.414. The second-order valence-electron chi connectivity index (χ2n) is 6.64. The Bertz CT molecular complexity index is 1000. The first kappa shape index (κ1) is 18.1. The van der Waals surface area contributed by atoms with Gasteiger partial charge in [0.05, 0.1) is 13.2 Å². The van der Waals surface area contributed by atoms with Gasteiger partial charge in [-0.25, -0.2) is 4.39 Å². The summed E-state index contributed by atoms with van der Waals surface area (Å²) < 4.78 is 19.0. The molecular weight excluding hydrogens is 355 g/mol. The normalized spacial score (nSPS) is 18.9. The van der Waals surface area contributed by atoms with Gasteiger partial charge in [0.2, 0.25) is 0 Å². The molecule has 142 valence electrons. The molecule has 2 unspecified atom stereocenters. The third-order valence-electron chi connectivity index (χ3n) is 4.83. The van der Waals surface area contributed by atoms with Crippen LogP contribution in [0.4, 0.5) is 4.39 Å². The van der Waals surface area contributed by atoms with Crippen LogP contribution >= 0.6 is 0 Å². The minimum absolute atomic E-state index is 0.213. The Morgan fingerprint density at radius 3 is 2.46 bits per heavy atom. The first-order valence-electron chi connectivity index (χ1n) is 9.06. The van der Waals surface area contributed by atoms with Crippen molar-refractivity contribution in [1.29, 1.82) is 0 Å². The first-order chi connectivity index (χ1) is 13.6. The van der Waals surface area contributed by atoms with Crippen LogP contribution in [0.2, 0.25) is 0 Å². The molecule has 3 aromatic rings. The van der Waals surface area contributed by atoms with Crippen molar-refractivity contribution in [2.75, 3.05) is 7.11 Å². The lowest BCUT2D eigenvalue weighted by atomic mass is 9.98. The Labute approximate surface area is 163 Å². The highest BCUT2D eigenvalue weighted by Gasteiger charge is 2.25. The third-order valence-corrected chi connectivity index (χ3v) is 4.83. The molecule has 3 aromatic carbocycles. The standard InChI is InChI=1S/C23H21FN2O2/c1-28-18-11-9-15(10-12-18)20-14-21(19-7-2-3-8-22(19)27)26-23(25-20)16-5-4-6-17(24)13-16/h2-14,21,23,25-27H,1H3. The van der Waals surface area contributed by atoms with Crippen molar-refractivity contribution < 1.29 is 14.2 Å². The highest BCUT2D eigenvalue weighted by Crippen LogP contribution is 2.33. The Hall–Kier alpha value is -3.31. The molecule has 5 heteroatoms. The summed E-state index contributed by atoms with van der Waals surface area (Å²) in [7, 11) is 1.63. The number of hydrogen-bond donors (Lipinski definition) is 3. The molecule has 4 nitrogen and oxygen atoms in total. The lowest BCUT2D eigenvalue weighted by Gasteiger charge is -2.33. The van der Waals surface area contributed by atoms with Crippen molar-refractivity contribution in [2.45, 2.75) is 12.2 Å². The Morgan fingerprint density at radius 2 is 1.75 bits per heavy atom. The van der Waals surface area contributed by atoms with E-state index in [1.807, 2.05) is 48.5 Å². The molecule has 28 heavy (non-hydrogen) atoms. The van der Waals surface area contributed by atoms with Gasteiger partial charge >= 0.3 is 0 Å². The minimum atomic E-state index is -0.317. The average molecular weight is 376 g/mol. The van der Waals surface area contributed by atoms with Crippen LogP contribution < -0.4 is 15.4 Å². The number of ether oxygens (including phenoxy) is 1. The zero-order chi connectivity index (χ0) is 19.5. The fourth-order valence-corrected chi connectivity index (χ4v) is 3.39. The number of nitrogens with one attached hydrogen (secondary N) is 2. The van der Waals surface area contributed by atoms with E-state index in [1.165, 1.54) is 12.1 Å². The van der Waals surface area contributed by atoms with Gasteiger partial charge in [-0.3, -0.25) is 5.32 Å². The number of rotatable bonds is 4. The Kier molecular flexibility index (Phi) is 5.00. The van der Waals surface area contributed by atoms with Crippen LogP contribution in [0.3, 0.4) is 0 Å². The van der Waals surface area contributed by atoms with Gasteiger partial charge in [0.15, 0.2) is 0 Å². The number of methoxy groups -OCH3 is 1. The van der Waals surface area contributed by atoms with Gasteiger partial charge in [-0.1, -0.05) is 30.3 Å². The number of halogens is 1. The SMILES string of the molecule is COc1ccc(C2=CC(c3ccccc3O)NC(c3cccc(F)c3)N2)cc1. The quantitative estimate of drug-likeness (QED) is 0.627. The van der Waals surface area contributed by atoms with E-state index < -0.39 is 0 Å². The summed E-state index contributed by atoms with van der Waals surface area (Å²) >= 11 is 0. The highest BCUT2D eigenvalue weighted by atomic mass is 19.1. The van der Waals surface area contributed by atoms with Crippen molar-refractivity contribution in [3.05, 3.63) is 101 Å². The van der Waals surface area contributed by atoms with Gasteiger partial charge in [-0.05, 0) is 59.7 Å². The van der Waals surface area contributed by atoms with E-state index in [2.05, 4.69) is 10.6 Å². The fraction of sp³-hybridized carbons (Fsp3) is 0.130. The smallest absolute Gasteiger partial charge is 0.123 e. The summed E-state index contributed by atoms with van der Waals surface area (Å²) in [5.74, 6) is 0.697. The molecule has 0 radical (unpaired) electrons. The van der Waals surface area contributed by atoms with Crippen molar-refractivity contribution >= 4 is 5.70 Å². The van der Waals surface area contributed by atoms with E-state index in [4.69, 9.17) is 4.74 Å². The molecular formula is C23H21FN2O2. The zero-order valence-corrected chi connectivity index (χ0v) is 15.4. The monoisotopic (exact) mass is 376 g/mol. The van der Waals surface area contributed by atoms with Crippen molar-refractivity contribution in [2.24, 2.45) is 0 Å². The number of hydrogen-bond acceptors (Lipinski definition) is 4. The number of benzene rings is 3. The molecule has 0 saturated carbocycles. The van der Waals surface area contributed by atoms with E-state index in [1.54, 1.807) is 25.3 Å². The van der Waals surface area contributed by atoms with Crippen LogP contribution in [0.15, 0.2) is 78.9 Å². The molecule has 3 N–H and O–H groups in total. The summed E-state index contributed by atoms with van der Waals surface area (Å²) in [4.78, 5) is 0. The largest absolute Gasteiger partial charge is 0.508 e. The van der Waals surface area contributed by atoms with E-state index in [0.717, 1.165) is 28.1 Å². The maximum absolute atomic E-state index is 13.8. The zero-order valence-electron chi connectivity index (χ0n) is 15.4. The second kappa shape index (κ2) is 7.74. The lowest BCUT2D eigenvalue weighted by Crippen LogP contribution is -2.39. The average Bonchev–Trinajstić information content (AvgIpc) is 2.74. The van der Waals surface area contributed by atoms with Gasteiger partial charge < -0.3 is 15.2 Å². The van der Waals surface area contributed by atoms with Gasteiger partial charge in [0, 0.05) is 11.3 Å². The summed E-state index contributed by atoms with van der Waals surface area (Å²) in [6.45, 7) is 0. The summed E-state index contributed by atoms with van der Waals surface area (Å²) in [6, 6.07) is 21.2. The molecule has 0 aliphatic carbocycles. The van der Waals surface area contributed by atoms with Crippen LogP contribution in [0, 0.1) is 5.82 Å². The van der Waals surface area contributed by atoms with E-state index in [0.29, 0.717) is 0 Å². The topological polar surface area (TPSA) is 53.5 Å². The van der Waals surface area contributed by atoms with Gasteiger partial charge in [0.1, 0.15) is 23.5 Å². The maximum atomic E-state index is 13.8. The van der Waals surface area contributed by atoms with Gasteiger partial charge in [-0.15, -0.1) is 0 Å². The Morgan fingerprint density at radius 1 is 0.964 bits per heavy atom. The second-order valence-corrected chi connectivity index (χ2v) is 6.64. The van der Waals surface area contributed by atoms with Crippen molar-refractivity contribution in [3.8, 4) is 11.5 Å². The van der Waals surface area contributed by atoms with E-state index in [-0.39, 0.29) is 23.8 Å². The van der Waals surface area contributed by atoms with Crippen LogP contribution in [0.5, 0.6) is 11.5 Å². The van der Waals surface area contributed by atoms with Gasteiger partial charge in [0.25, 0.3) is 0 Å². The number of para-hydroxylation sites is 1. The molecule has 1 heterocycles. The number of phenolic OH excluding ortho intramolecular Hbond substituents is 1. The molecule has 4 rings (SSSR count). The summed E-state index contributed by atoms with van der Waals surface area (Å²) in [6.07, 6.45) is 1.70. The first-order valence-corrected chi connectivity index (χ1v) is 9.06. The van der Waals surface area contributed by atoms with Crippen LogP contribution in [0.1, 0.15) is 28.9 Å². The van der Waals surface area contributed by atoms with Gasteiger partial charge in [-0.2, -0.15) is 0 Å². The van der Waals surface area contributed by atoms with Crippen LogP contribution in [-0.4, -0.2) is 12.2 Å². The summed E-state index contributed by atoms with van der Waals surface area (Å²) in [5.41, 5.74) is 3.41. The highest BCUT2D eigenvalue weighted by molar-refractivity contribution is 5.67. The Balaban J connectivity index is 1.75. The van der Waals surface area contributed by atoms with Crippen molar-refractivity contribution in [1.82, 2.24) is 10.6 Å². The van der Waals surface area contributed by atoms with E-state index in [9.17, 15) is 9.50 Å². The molecule has 0 fully saturated rings. The molecule has 1 aliphatic rings. The predicted molar refractivity (Wildman–Crippen MR) is 107 cm³/mol. The molecule has 0 spiro atoms. The molecule has 0 bridgehead atoms. The molecule has 0 aromatic heterocycles. The number of aromatic hydroxyl groups is 1. The molecule has 2 atom stereocenters.